The molecule has 6 nitrogen and oxygen atoms in total. The van der Waals surface area contributed by atoms with Crippen molar-refractivity contribution in [1.29, 1.82) is 0 Å². The van der Waals surface area contributed by atoms with Crippen LogP contribution in [0, 0.1) is 6.92 Å². The Morgan fingerprint density at radius 3 is 2.78 bits per heavy atom. The smallest absolute Gasteiger partial charge is 0.234 e. The van der Waals surface area contributed by atoms with Gasteiger partial charge in [-0.25, -0.2) is 4.98 Å². The van der Waals surface area contributed by atoms with E-state index in [1.807, 2.05) is 42.5 Å². The normalized spacial score (nSPS) is 10.9. The highest BCUT2D eigenvalue weighted by atomic mass is 32.2. The Kier molecular flexibility index (Phi) is 6.27. The summed E-state index contributed by atoms with van der Waals surface area (Å²) in [5.41, 5.74) is 2.96. The zero-order chi connectivity index (χ0) is 19.1. The summed E-state index contributed by atoms with van der Waals surface area (Å²) in [7, 11) is 1.57. The van der Waals surface area contributed by atoms with E-state index in [9.17, 15) is 4.79 Å². The fourth-order valence-corrected chi connectivity index (χ4v) is 3.01. The number of nitrogens with zero attached hydrogens (tertiary/aromatic N) is 2. The van der Waals surface area contributed by atoms with Gasteiger partial charge in [0.15, 0.2) is 0 Å². The van der Waals surface area contributed by atoms with Crippen molar-refractivity contribution in [3.8, 4) is 5.75 Å². The van der Waals surface area contributed by atoms with Crippen molar-refractivity contribution in [3.63, 3.8) is 0 Å². The molecule has 2 aromatic carbocycles. The molecule has 0 spiro atoms. The second kappa shape index (κ2) is 9.05. The number of hydrogen-bond donors (Lipinski definition) is 2. The number of benzene rings is 2. The Bertz CT molecular complexity index is 952. The first kappa shape index (κ1) is 18.7. The maximum Gasteiger partial charge on any atom is 0.234 e. The van der Waals surface area contributed by atoms with Gasteiger partial charge in [-0.05, 0) is 36.3 Å². The molecule has 3 aromatic rings. The Hall–Kier alpha value is -3.06. The van der Waals surface area contributed by atoms with Gasteiger partial charge in [-0.1, -0.05) is 54.2 Å². The number of aromatic amines is 1. The van der Waals surface area contributed by atoms with Crippen LogP contribution >= 0.6 is 11.8 Å². The number of thioether (sulfide) groups is 1. The summed E-state index contributed by atoms with van der Waals surface area (Å²) < 4.78 is 5.23. The average molecular weight is 380 g/mol. The summed E-state index contributed by atoms with van der Waals surface area (Å²) >= 11 is 1.27. The molecule has 0 unspecified atom stereocenters. The molecule has 0 atom stereocenters. The van der Waals surface area contributed by atoms with Crippen LogP contribution in [0.5, 0.6) is 5.75 Å². The van der Waals surface area contributed by atoms with Crippen LogP contribution in [0.1, 0.15) is 17.0 Å². The lowest BCUT2D eigenvalue weighted by Gasteiger charge is -2.08. The minimum absolute atomic E-state index is 0.147. The molecule has 0 saturated carbocycles. The van der Waals surface area contributed by atoms with Crippen molar-refractivity contribution in [2.24, 2.45) is 0 Å². The SMILES string of the molecule is COc1ccccc1NC(=O)CSc1n[nH]c(C=Cc2ccccc2C)n1. The lowest BCUT2D eigenvalue weighted by atomic mass is 10.1. The van der Waals surface area contributed by atoms with Gasteiger partial charge >= 0.3 is 0 Å². The minimum atomic E-state index is -0.147. The molecule has 0 aliphatic heterocycles. The van der Waals surface area contributed by atoms with Crippen LogP contribution in [0.3, 0.4) is 0 Å². The first-order valence-electron chi connectivity index (χ1n) is 8.37. The van der Waals surface area contributed by atoms with E-state index in [-0.39, 0.29) is 11.7 Å². The second-order valence-electron chi connectivity index (χ2n) is 5.73. The summed E-state index contributed by atoms with van der Waals surface area (Å²) in [4.78, 5) is 16.5. The molecule has 0 fully saturated rings. The number of H-pyrrole nitrogens is 1. The van der Waals surface area contributed by atoms with Crippen LogP contribution in [0.25, 0.3) is 12.2 Å². The van der Waals surface area contributed by atoms with Crippen molar-refractivity contribution in [2.75, 3.05) is 18.2 Å². The fraction of sp³-hybridized carbons (Fsp3) is 0.150. The molecule has 0 aliphatic rings. The maximum atomic E-state index is 12.1. The number of carbonyl (C=O) groups is 1. The van der Waals surface area contributed by atoms with Crippen molar-refractivity contribution in [3.05, 3.63) is 65.5 Å². The number of carbonyl (C=O) groups excluding carboxylic acids is 1. The highest BCUT2D eigenvalue weighted by Gasteiger charge is 2.09. The van der Waals surface area contributed by atoms with E-state index in [0.29, 0.717) is 22.4 Å². The van der Waals surface area contributed by atoms with E-state index >= 15 is 0 Å². The highest BCUT2D eigenvalue weighted by molar-refractivity contribution is 7.99. The Labute approximate surface area is 162 Å². The van der Waals surface area contributed by atoms with Gasteiger partial charge in [0.2, 0.25) is 11.1 Å². The topological polar surface area (TPSA) is 79.9 Å². The minimum Gasteiger partial charge on any atom is -0.495 e. The average Bonchev–Trinajstić information content (AvgIpc) is 3.14. The zero-order valence-electron chi connectivity index (χ0n) is 15.1. The third-order valence-corrected chi connectivity index (χ3v) is 4.65. The number of anilines is 1. The molecule has 1 amide bonds. The molecule has 0 bridgehead atoms. The van der Waals surface area contributed by atoms with Crippen molar-refractivity contribution in [2.45, 2.75) is 12.1 Å². The third kappa shape index (κ3) is 5.21. The van der Waals surface area contributed by atoms with Gasteiger partial charge in [0.25, 0.3) is 0 Å². The van der Waals surface area contributed by atoms with Gasteiger partial charge in [0.1, 0.15) is 11.6 Å². The van der Waals surface area contributed by atoms with Crippen LogP contribution in [0.4, 0.5) is 5.69 Å². The van der Waals surface area contributed by atoms with E-state index in [0.717, 1.165) is 5.56 Å². The molecular weight excluding hydrogens is 360 g/mol. The number of amides is 1. The number of aromatic nitrogens is 3. The number of nitrogens with one attached hydrogen (secondary N) is 2. The van der Waals surface area contributed by atoms with Gasteiger partial charge < -0.3 is 10.1 Å². The van der Waals surface area contributed by atoms with Crippen LogP contribution in [0.2, 0.25) is 0 Å². The van der Waals surface area contributed by atoms with E-state index in [2.05, 4.69) is 33.5 Å². The summed E-state index contributed by atoms with van der Waals surface area (Å²) in [6.45, 7) is 2.06. The summed E-state index contributed by atoms with van der Waals surface area (Å²) in [6.07, 6.45) is 3.85. The molecule has 138 valence electrons. The van der Waals surface area contributed by atoms with Crippen LogP contribution in [-0.2, 0) is 4.79 Å². The predicted octanol–water partition coefficient (Wildman–Crippen LogP) is 4.02. The van der Waals surface area contributed by atoms with Crippen molar-refractivity contribution >= 4 is 35.5 Å². The van der Waals surface area contributed by atoms with Gasteiger partial charge in [-0.3, -0.25) is 9.89 Å². The van der Waals surface area contributed by atoms with Gasteiger partial charge in [0.05, 0.1) is 18.6 Å². The van der Waals surface area contributed by atoms with Gasteiger partial charge in [0, 0.05) is 0 Å². The van der Waals surface area contributed by atoms with Crippen LogP contribution < -0.4 is 10.1 Å². The molecular formula is C20H20N4O2S. The number of methoxy groups -OCH3 is 1. The van der Waals surface area contributed by atoms with Gasteiger partial charge in [-0.15, -0.1) is 5.10 Å². The highest BCUT2D eigenvalue weighted by Crippen LogP contribution is 2.23. The number of aryl methyl sites for hydroxylation is 1. The second-order valence-corrected chi connectivity index (χ2v) is 6.67. The molecule has 2 N–H and O–H groups in total. The molecule has 3 rings (SSSR count). The van der Waals surface area contributed by atoms with E-state index in [4.69, 9.17) is 4.74 Å². The maximum absolute atomic E-state index is 12.1. The Balaban J connectivity index is 1.55. The van der Waals surface area contributed by atoms with E-state index in [1.54, 1.807) is 19.2 Å². The fourth-order valence-electron chi connectivity index (χ4n) is 2.40. The summed E-state index contributed by atoms with van der Waals surface area (Å²) in [5, 5.41) is 10.4. The lowest BCUT2D eigenvalue weighted by molar-refractivity contribution is -0.113. The Morgan fingerprint density at radius 2 is 1.96 bits per heavy atom. The molecule has 7 heteroatoms. The molecule has 0 saturated heterocycles. The molecule has 0 aliphatic carbocycles. The predicted molar refractivity (Wildman–Crippen MR) is 109 cm³/mol. The van der Waals surface area contributed by atoms with Crippen LogP contribution in [0.15, 0.2) is 53.7 Å². The number of para-hydroxylation sites is 2. The van der Waals surface area contributed by atoms with E-state index in [1.165, 1.54) is 17.3 Å². The molecule has 1 heterocycles. The van der Waals surface area contributed by atoms with Gasteiger partial charge in [-0.2, -0.15) is 0 Å². The third-order valence-electron chi connectivity index (χ3n) is 3.80. The zero-order valence-corrected chi connectivity index (χ0v) is 15.9. The summed E-state index contributed by atoms with van der Waals surface area (Å²) in [5.74, 6) is 1.33. The summed E-state index contributed by atoms with van der Waals surface area (Å²) in [6, 6.07) is 15.4. The monoisotopic (exact) mass is 380 g/mol. The molecule has 0 radical (unpaired) electrons. The lowest BCUT2D eigenvalue weighted by Crippen LogP contribution is -2.14. The van der Waals surface area contributed by atoms with Crippen molar-refractivity contribution in [1.82, 2.24) is 15.2 Å². The first-order chi connectivity index (χ1) is 13.2. The van der Waals surface area contributed by atoms with Crippen molar-refractivity contribution < 1.29 is 9.53 Å². The number of hydrogen-bond acceptors (Lipinski definition) is 5. The standard InChI is InChI=1S/C20H20N4O2S/c1-14-7-3-4-8-15(14)11-12-18-22-20(24-23-18)27-13-19(25)21-16-9-5-6-10-17(16)26-2/h3-12H,13H2,1-2H3,(H,21,25)(H,22,23,24). The Morgan fingerprint density at radius 1 is 1.19 bits per heavy atom. The largest absolute Gasteiger partial charge is 0.495 e. The van der Waals surface area contributed by atoms with Crippen LogP contribution in [-0.4, -0.2) is 34.0 Å². The number of ether oxygens (including phenoxy) is 1. The molecule has 1 aromatic heterocycles. The molecule has 27 heavy (non-hydrogen) atoms. The first-order valence-corrected chi connectivity index (χ1v) is 9.36. The quantitative estimate of drug-likeness (QED) is 0.605. The van der Waals surface area contributed by atoms with E-state index < -0.39 is 0 Å². The number of rotatable bonds is 7.